The molecule has 1 amide bonds. The van der Waals surface area contributed by atoms with Gasteiger partial charge < -0.3 is 18.8 Å². The normalized spacial score (nSPS) is 18.3. The molecule has 184 valence electrons. The number of ether oxygens (including phenoxy) is 2. The van der Waals surface area contributed by atoms with Crippen LogP contribution in [0.2, 0.25) is 0 Å². The second kappa shape index (κ2) is 10.5. The van der Waals surface area contributed by atoms with E-state index >= 15 is 0 Å². The van der Waals surface area contributed by atoms with E-state index in [0.717, 1.165) is 61.5 Å². The summed E-state index contributed by atoms with van der Waals surface area (Å²) in [5.41, 5.74) is 1.54. The number of morpholine rings is 1. The smallest absolute Gasteiger partial charge is 0.290 e. The number of halogens is 1. The van der Waals surface area contributed by atoms with Gasteiger partial charge in [-0.1, -0.05) is 35.0 Å². The van der Waals surface area contributed by atoms with Crippen LogP contribution in [0.3, 0.4) is 0 Å². The molecule has 8 heteroatoms. The van der Waals surface area contributed by atoms with Gasteiger partial charge in [0.15, 0.2) is 5.43 Å². The zero-order valence-corrected chi connectivity index (χ0v) is 21.4. The fraction of sp³-hybridized carbons (Fsp3) is 0.407. The molecule has 5 rings (SSSR count). The lowest BCUT2D eigenvalue weighted by atomic mass is 9.98. The number of fused-ring (bicyclic) bond motifs is 2. The lowest BCUT2D eigenvalue weighted by Crippen LogP contribution is -2.38. The summed E-state index contributed by atoms with van der Waals surface area (Å²) in [6.07, 6.45) is 1.72. The number of hydrogen-bond donors (Lipinski definition) is 0. The molecule has 35 heavy (non-hydrogen) atoms. The SMILES string of the molecule is CCCOc1ccc(C2c3c(oc4ccc(Br)cc4c3=O)C(=O)N2CCCN2CCOCC2)cc1. The van der Waals surface area contributed by atoms with Gasteiger partial charge in [-0.2, -0.15) is 0 Å². The number of carbonyl (C=O) groups excluding carboxylic acids is 1. The average molecular weight is 541 g/mol. The van der Waals surface area contributed by atoms with Crippen LogP contribution >= 0.6 is 15.9 Å². The summed E-state index contributed by atoms with van der Waals surface area (Å²) < 4.78 is 18.0. The van der Waals surface area contributed by atoms with Gasteiger partial charge in [0.1, 0.15) is 11.3 Å². The Hall–Kier alpha value is -2.68. The van der Waals surface area contributed by atoms with Crippen molar-refractivity contribution in [2.45, 2.75) is 25.8 Å². The van der Waals surface area contributed by atoms with Crippen molar-refractivity contribution >= 4 is 32.8 Å². The van der Waals surface area contributed by atoms with E-state index in [1.807, 2.05) is 30.3 Å². The molecule has 1 saturated heterocycles. The lowest BCUT2D eigenvalue weighted by molar-refractivity contribution is 0.0353. The minimum Gasteiger partial charge on any atom is -0.494 e. The van der Waals surface area contributed by atoms with Crippen molar-refractivity contribution in [3.8, 4) is 5.75 Å². The van der Waals surface area contributed by atoms with Gasteiger partial charge in [0.2, 0.25) is 5.76 Å². The number of benzene rings is 2. The van der Waals surface area contributed by atoms with Gasteiger partial charge in [-0.15, -0.1) is 0 Å². The van der Waals surface area contributed by atoms with E-state index in [4.69, 9.17) is 13.9 Å². The summed E-state index contributed by atoms with van der Waals surface area (Å²) in [5, 5.41) is 0.467. The monoisotopic (exact) mass is 540 g/mol. The molecule has 0 saturated carbocycles. The van der Waals surface area contributed by atoms with Crippen LogP contribution in [-0.4, -0.2) is 61.7 Å². The number of amides is 1. The molecule has 3 heterocycles. The summed E-state index contributed by atoms with van der Waals surface area (Å²) >= 11 is 3.45. The van der Waals surface area contributed by atoms with Gasteiger partial charge in [-0.25, -0.2) is 0 Å². The summed E-state index contributed by atoms with van der Waals surface area (Å²) in [7, 11) is 0. The van der Waals surface area contributed by atoms with Gasteiger partial charge in [0, 0.05) is 30.7 Å². The van der Waals surface area contributed by atoms with Gasteiger partial charge in [-0.05, 0) is 48.7 Å². The lowest BCUT2D eigenvalue weighted by Gasteiger charge is -2.29. The predicted molar refractivity (Wildman–Crippen MR) is 137 cm³/mol. The first-order valence-corrected chi connectivity index (χ1v) is 13.0. The van der Waals surface area contributed by atoms with Crippen molar-refractivity contribution < 1.29 is 18.7 Å². The van der Waals surface area contributed by atoms with E-state index in [2.05, 4.69) is 27.8 Å². The van der Waals surface area contributed by atoms with E-state index in [-0.39, 0.29) is 17.1 Å². The Bertz CT molecular complexity index is 1270. The number of nitrogens with zero attached hydrogens (tertiary/aromatic N) is 2. The first-order valence-electron chi connectivity index (χ1n) is 12.2. The van der Waals surface area contributed by atoms with Crippen molar-refractivity contribution in [3.05, 3.63) is 74.0 Å². The maximum absolute atomic E-state index is 13.7. The molecule has 7 nitrogen and oxygen atoms in total. The van der Waals surface area contributed by atoms with E-state index in [0.29, 0.717) is 29.7 Å². The summed E-state index contributed by atoms with van der Waals surface area (Å²) in [4.78, 5) is 31.4. The molecule has 0 spiro atoms. The molecule has 2 aliphatic heterocycles. The quantitative estimate of drug-likeness (QED) is 0.415. The summed E-state index contributed by atoms with van der Waals surface area (Å²) in [6.45, 7) is 7.38. The fourth-order valence-corrected chi connectivity index (χ4v) is 5.19. The Morgan fingerprint density at radius 1 is 1.06 bits per heavy atom. The van der Waals surface area contributed by atoms with E-state index in [9.17, 15) is 9.59 Å². The van der Waals surface area contributed by atoms with E-state index < -0.39 is 6.04 Å². The third-order valence-corrected chi connectivity index (χ3v) is 7.07. The molecule has 1 aromatic heterocycles. The van der Waals surface area contributed by atoms with Crippen molar-refractivity contribution in [2.75, 3.05) is 46.0 Å². The third-order valence-electron chi connectivity index (χ3n) is 6.57. The van der Waals surface area contributed by atoms with Crippen LogP contribution < -0.4 is 10.2 Å². The summed E-state index contributed by atoms with van der Waals surface area (Å²) in [6, 6.07) is 12.5. The van der Waals surface area contributed by atoms with Crippen molar-refractivity contribution in [1.82, 2.24) is 9.80 Å². The zero-order valence-electron chi connectivity index (χ0n) is 19.8. The maximum Gasteiger partial charge on any atom is 0.290 e. The Morgan fingerprint density at radius 3 is 2.57 bits per heavy atom. The van der Waals surface area contributed by atoms with Crippen molar-refractivity contribution in [2.24, 2.45) is 0 Å². The number of rotatable bonds is 8. The minimum atomic E-state index is -0.498. The number of carbonyl (C=O) groups is 1. The highest BCUT2D eigenvalue weighted by Crippen LogP contribution is 2.39. The second-order valence-electron chi connectivity index (χ2n) is 8.94. The zero-order chi connectivity index (χ0) is 24.4. The topological polar surface area (TPSA) is 72.2 Å². The van der Waals surface area contributed by atoms with Crippen LogP contribution in [0.25, 0.3) is 11.0 Å². The molecule has 3 aromatic rings. The molecule has 1 fully saturated rings. The van der Waals surface area contributed by atoms with Crippen LogP contribution in [-0.2, 0) is 4.74 Å². The van der Waals surface area contributed by atoms with E-state index in [1.54, 1.807) is 17.0 Å². The molecule has 0 bridgehead atoms. The van der Waals surface area contributed by atoms with Crippen LogP contribution in [0, 0.1) is 0 Å². The van der Waals surface area contributed by atoms with Crippen LogP contribution in [0.5, 0.6) is 5.75 Å². The molecule has 0 aliphatic carbocycles. The van der Waals surface area contributed by atoms with Gasteiger partial charge in [-0.3, -0.25) is 14.5 Å². The Kier molecular flexibility index (Phi) is 7.22. The highest BCUT2D eigenvalue weighted by molar-refractivity contribution is 9.10. The standard InChI is InChI=1S/C27H29BrN2O5/c1-2-14-34-20-7-4-18(5-8-20)24-23-25(31)21-17-19(28)6-9-22(21)35-26(23)27(32)30(24)11-3-10-29-12-15-33-16-13-29/h4-9,17,24H,2-3,10-16H2,1H3. The molecule has 2 aliphatic rings. The largest absolute Gasteiger partial charge is 0.494 e. The Labute approximate surface area is 212 Å². The van der Waals surface area contributed by atoms with Crippen molar-refractivity contribution in [3.63, 3.8) is 0 Å². The Balaban J connectivity index is 1.50. The predicted octanol–water partition coefficient (Wildman–Crippen LogP) is 4.61. The van der Waals surface area contributed by atoms with E-state index in [1.165, 1.54) is 0 Å². The molecule has 0 N–H and O–H groups in total. The number of hydrogen-bond acceptors (Lipinski definition) is 6. The van der Waals surface area contributed by atoms with Gasteiger partial charge in [0.25, 0.3) is 5.91 Å². The molecule has 2 aromatic carbocycles. The van der Waals surface area contributed by atoms with Gasteiger partial charge in [0.05, 0.1) is 36.8 Å². The molecular formula is C27H29BrN2O5. The molecular weight excluding hydrogens is 512 g/mol. The first kappa shape index (κ1) is 24.0. The van der Waals surface area contributed by atoms with Crippen LogP contribution in [0.1, 0.15) is 47.5 Å². The molecule has 0 radical (unpaired) electrons. The third kappa shape index (κ3) is 4.87. The summed E-state index contributed by atoms with van der Waals surface area (Å²) in [5.74, 6) is 0.682. The highest BCUT2D eigenvalue weighted by Gasteiger charge is 2.42. The first-order chi connectivity index (χ1) is 17.1. The average Bonchev–Trinajstić information content (AvgIpc) is 3.16. The van der Waals surface area contributed by atoms with Gasteiger partial charge >= 0.3 is 0 Å². The Morgan fingerprint density at radius 2 is 1.83 bits per heavy atom. The molecule has 1 unspecified atom stereocenters. The van der Waals surface area contributed by atoms with Crippen LogP contribution in [0.4, 0.5) is 0 Å². The minimum absolute atomic E-state index is 0.146. The van der Waals surface area contributed by atoms with Crippen LogP contribution in [0.15, 0.2) is 56.1 Å². The second-order valence-corrected chi connectivity index (χ2v) is 9.86. The van der Waals surface area contributed by atoms with Crippen molar-refractivity contribution in [1.29, 1.82) is 0 Å². The highest BCUT2D eigenvalue weighted by atomic mass is 79.9. The maximum atomic E-state index is 13.7. The fourth-order valence-electron chi connectivity index (χ4n) is 4.83. The molecule has 1 atom stereocenters.